The van der Waals surface area contributed by atoms with Crippen molar-refractivity contribution in [3.05, 3.63) is 168 Å². The quantitative estimate of drug-likeness (QED) is 0.126. The van der Waals surface area contributed by atoms with Gasteiger partial charge in [-0.1, -0.05) is 140 Å². The molecule has 1 aliphatic heterocycles. The highest BCUT2D eigenvalue weighted by molar-refractivity contribution is 7.99. The van der Waals surface area contributed by atoms with Gasteiger partial charge in [0.1, 0.15) is 11.4 Å². The molecule has 54 heavy (non-hydrogen) atoms. The third kappa shape index (κ3) is 7.83. The van der Waals surface area contributed by atoms with Crippen LogP contribution in [0.5, 0.6) is 0 Å². The van der Waals surface area contributed by atoms with Gasteiger partial charge >= 0.3 is 0 Å². The Morgan fingerprint density at radius 2 is 1.39 bits per heavy atom. The molecule has 0 bridgehead atoms. The molecule has 0 radical (unpaired) electrons. The van der Waals surface area contributed by atoms with Crippen LogP contribution in [0.15, 0.2) is 149 Å². The Kier molecular flexibility index (Phi) is 10.6. The molecule has 9 nitrogen and oxygen atoms in total. The summed E-state index contributed by atoms with van der Waals surface area (Å²) >= 11 is 1.52. The number of thioether (sulfide) groups is 1. The lowest BCUT2D eigenvalue weighted by Crippen LogP contribution is -2.38. The minimum Gasteiger partial charge on any atom is -0.431 e. The van der Waals surface area contributed by atoms with Gasteiger partial charge in [-0.25, -0.2) is 9.97 Å². The second kappa shape index (κ2) is 16.2. The Hall–Kier alpha value is -5.65. The molecule has 1 saturated heterocycles. The number of fused-ring (bicyclic) bond motifs is 1. The average Bonchev–Trinajstić information content (AvgIpc) is 3.67. The molecular formula is C44H38N4O5S. The van der Waals surface area contributed by atoms with E-state index in [1.807, 2.05) is 133 Å². The number of hydrogen-bond donors (Lipinski definition) is 2. The van der Waals surface area contributed by atoms with Crippen molar-refractivity contribution in [2.75, 3.05) is 5.75 Å². The number of benzene rings is 5. The second-order valence-electron chi connectivity index (χ2n) is 13.2. The summed E-state index contributed by atoms with van der Waals surface area (Å²) in [6.07, 6.45) is 0.364. The largest absolute Gasteiger partial charge is 0.431 e. The maximum absolute atomic E-state index is 12.9. The molecule has 2 aromatic heterocycles. The zero-order chi connectivity index (χ0) is 36.9. The van der Waals surface area contributed by atoms with Crippen molar-refractivity contribution in [3.63, 3.8) is 0 Å². The number of hydrogen-bond acceptors (Lipinski definition) is 9. The lowest BCUT2D eigenvalue weighted by Gasteiger charge is -2.41. The minimum absolute atomic E-state index is 0.0152. The molecule has 5 aromatic carbocycles. The van der Waals surface area contributed by atoms with Crippen LogP contribution < -0.4 is 5.32 Å². The van der Waals surface area contributed by atoms with E-state index in [1.54, 1.807) is 0 Å². The smallest absolute Gasteiger partial charge is 0.271 e. The average molecular weight is 735 g/mol. The van der Waals surface area contributed by atoms with Crippen molar-refractivity contribution in [2.24, 2.45) is 5.92 Å². The molecule has 1 fully saturated rings. The number of oxazole rings is 1. The third-order valence-corrected chi connectivity index (χ3v) is 10.5. The van der Waals surface area contributed by atoms with Gasteiger partial charge in [0.2, 0.25) is 0 Å². The Labute approximate surface area is 317 Å². The fraction of sp³-hybridized carbons (Fsp3) is 0.182. The Bertz CT molecular complexity index is 2280. The summed E-state index contributed by atoms with van der Waals surface area (Å²) in [7, 11) is 0. The monoisotopic (exact) mass is 734 g/mol. The summed E-state index contributed by atoms with van der Waals surface area (Å²) in [5.74, 6) is 1.00. The first-order chi connectivity index (χ1) is 26.5. The van der Waals surface area contributed by atoms with E-state index < -0.39 is 6.29 Å². The van der Waals surface area contributed by atoms with E-state index in [4.69, 9.17) is 18.9 Å². The van der Waals surface area contributed by atoms with Crippen LogP contribution in [0.25, 0.3) is 33.6 Å². The van der Waals surface area contributed by atoms with Crippen LogP contribution in [0, 0.1) is 5.92 Å². The number of aromatic nitrogens is 3. The topological polar surface area (TPSA) is 120 Å². The predicted molar refractivity (Wildman–Crippen MR) is 208 cm³/mol. The van der Waals surface area contributed by atoms with Crippen molar-refractivity contribution in [1.29, 1.82) is 0 Å². The minimum atomic E-state index is -0.643. The van der Waals surface area contributed by atoms with Gasteiger partial charge in [0, 0.05) is 34.9 Å². The number of carbonyl (C=O) groups is 1. The maximum atomic E-state index is 12.9. The van der Waals surface area contributed by atoms with E-state index in [1.165, 1.54) is 18.0 Å². The number of para-hydroxylation sites is 2. The first kappa shape index (κ1) is 35.4. The Balaban J connectivity index is 1.000. The standard InChI is InChI=1S/C44H38N4O5S/c1-28-38(27-54-44-48-39(31-10-4-2-5-11-31)41(53-44)32-12-6-3-7-13-32)51-43(52-40(28)33-20-18-30(26-49)19-21-33)34-22-16-29(17-23-34)24-46-42(50)37-25-45-35-14-8-9-15-36(35)47-37/h2-23,25,28,38,40,43,49H,24,26-27H2,1H3,(H,46,50)/t28-,38+,40+,43+/m1/s1. The summed E-state index contributed by atoms with van der Waals surface area (Å²) in [4.78, 5) is 26.7. The van der Waals surface area contributed by atoms with Gasteiger partial charge < -0.3 is 24.3 Å². The SMILES string of the molecule is C[C@@H]1[C@H](CSc2nc(-c3ccccc3)c(-c3ccccc3)o2)O[C@H](c2ccc(CNC(=O)c3cnc4ccccc4n3)cc2)O[C@@H]1c1ccc(CO)cc1. The number of ether oxygens (including phenoxy) is 2. The van der Waals surface area contributed by atoms with Gasteiger partial charge in [0.25, 0.3) is 11.1 Å². The zero-order valence-electron chi connectivity index (χ0n) is 29.5. The van der Waals surface area contributed by atoms with E-state index in [9.17, 15) is 9.90 Å². The first-order valence-electron chi connectivity index (χ1n) is 17.9. The first-order valence-corrected chi connectivity index (χ1v) is 18.8. The van der Waals surface area contributed by atoms with Crippen LogP contribution in [-0.4, -0.2) is 37.8 Å². The molecule has 1 amide bonds. The maximum Gasteiger partial charge on any atom is 0.271 e. The number of rotatable bonds is 11. The fourth-order valence-corrected chi connectivity index (χ4v) is 7.52. The van der Waals surface area contributed by atoms with Gasteiger partial charge in [-0.05, 0) is 28.8 Å². The van der Waals surface area contributed by atoms with Gasteiger partial charge in [0.05, 0.1) is 36.0 Å². The highest BCUT2D eigenvalue weighted by Gasteiger charge is 2.38. The van der Waals surface area contributed by atoms with Crippen LogP contribution in [0.3, 0.4) is 0 Å². The van der Waals surface area contributed by atoms with Crippen LogP contribution in [0.4, 0.5) is 0 Å². The third-order valence-electron chi connectivity index (χ3n) is 9.57. The van der Waals surface area contributed by atoms with E-state index in [2.05, 4.69) is 22.2 Å². The van der Waals surface area contributed by atoms with Gasteiger partial charge in [-0.3, -0.25) is 9.78 Å². The van der Waals surface area contributed by atoms with Crippen LogP contribution in [-0.2, 0) is 22.6 Å². The van der Waals surface area contributed by atoms with Crippen LogP contribution >= 0.6 is 11.8 Å². The summed E-state index contributed by atoms with van der Waals surface area (Å²) in [6.45, 7) is 2.43. The fourth-order valence-electron chi connectivity index (χ4n) is 6.53. The highest BCUT2D eigenvalue weighted by atomic mass is 32.2. The number of nitrogens with zero attached hydrogens (tertiary/aromatic N) is 3. The van der Waals surface area contributed by atoms with Crippen molar-refractivity contribution < 1.29 is 23.8 Å². The number of aliphatic hydroxyl groups excluding tert-OH is 1. The molecule has 0 saturated carbocycles. The number of carbonyl (C=O) groups excluding carboxylic acids is 1. The van der Waals surface area contributed by atoms with Crippen LogP contribution in [0.2, 0.25) is 0 Å². The van der Waals surface area contributed by atoms with Crippen LogP contribution in [0.1, 0.15) is 52.1 Å². The molecule has 1 aliphatic rings. The van der Waals surface area contributed by atoms with E-state index in [-0.39, 0.29) is 36.3 Å². The molecule has 4 atom stereocenters. The van der Waals surface area contributed by atoms with Crippen molar-refractivity contribution in [3.8, 4) is 22.6 Å². The Morgan fingerprint density at radius 1 is 0.741 bits per heavy atom. The zero-order valence-corrected chi connectivity index (χ0v) is 30.4. The van der Waals surface area contributed by atoms with E-state index in [0.717, 1.165) is 50.4 Å². The number of nitrogens with one attached hydrogen (secondary N) is 1. The molecule has 7 aromatic rings. The number of aliphatic hydroxyl groups is 1. The van der Waals surface area contributed by atoms with Crippen molar-refractivity contribution in [1.82, 2.24) is 20.3 Å². The molecule has 3 heterocycles. The molecule has 2 N–H and O–H groups in total. The molecule has 0 aliphatic carbocycles. The lowest BCUT2D eigenvalue weighted by molar-refractivity contribution is -0.268. The van der Waals surface area contributed by atoms with Gasteiger partial charge in [-0.2, -0.15) is 0 Å². The highest BCUT2D eigenvalue weighted by Crippen LogP contribution is 2.44. The summed E-state index contributed by atoms with van der Waals surface area (Å²) in [6, 6.07) is 43.3. The molecular weight excluding hydrogens is 697 g/mol. The Morgan fingerprint density at radius 3 is 2.11 bits per heavy atom. The van der Waals surface area contributed by atoms with Gasteiger partial charge in [0.15, 0.2) is 12.1 Å². The predicted octanol–water partition coefficient (Wildman–Crippen LogP) is 8.96. The van der Waals surface area contributed by atoms with Crippen molar-refractivity contribution in [2.45, 2.75) is 43.8 Å². The molecule has 0 spiro atoms. The summed E-state index contributed by atoms with van der Waals surface area (Å²) in [5, 5.41) is 13.2. The van der Waals surface area contributed by atoms with E-state index in [0.29, 0.717) is 23.0 Å². The summed E-state index contributed by atoms with van der Waals surface area (Å²) < 4.78 is 19.8. The van der Waals surface area contributed by atoms with Gasteiger partial charge in [-0.15, -0.1) is 0 Å². The second-order valence-corrected chi connectivity index (χ2v) is 14.2. The molecule has 270 valence electrons. The normalized spacial score (nSPS) is 18.4. The number of amides is 1. The van der Waals surface area contributed by atoms with E-state index >= 15 is 0 Å². The summed E-state index contributed by atoms with van der Waals surface area (Å²) in [5.41, 5.74) is 8.04. The van der Waals surface area contributed by atoms with Crippen molar-refractivity contribution >= 4 is 28.7 Å². The molecule has 10 heteroatoms. The molecule has 0 unspecified atom stereocenters. The lowest BCUT2D eigenvalue weighted by atomic mass is 9.91. The molecule has 8 rings (SSSR count).